The fourth-order valence-electron chi connectivity index (χ4n) is 2.86. The largest absolute Gasteiger partial charge is 0.453 e. The third-order valence-corrected chi connectivity index (χ3v) is 5.53. The summed E-state index contributed by atoms with van der Waals surface area (Å²) in [4.78, 5) is 31.9. The quantitative estimate of drug-likeness (QED) is 0.358. The monoisotopic (exact) mass is 527 g/mol. The number of ether oxygens (including phenoxy) is 2. The molecular formula is C22H30BrN3O5S. The van der Waals surface area contributed by atoms with Crippen LogP contribution in [0, 0.1) is 0 Å². The lowest BCUT2D eigenvalue weighted by Crippen LogP contribution is -2.34. The third kappa shape index (κ3) is 6.35. The maximum atomic E-state index is 12.8. The minimum atomic E-state index is -0.667. The van der Waals surface area contributed by atoms with Gasteiger partial charge in [0.05, 0.1) is 28.9 Å². The molecule has 0 bridgehead atoms. The van der Waals surface area contributed by atoms with Crippen LogP contribution in [0.15, 0.2) is 27.4 Å². The van der Waals surface area contributed by atoms with Crippen LogP contribution in [0.2, 0.25) is 0 Å². The van der Waals surface area contributed by atoms with Crippen LogP contribution in [0.4, 0.5) is 9.59 Å². The number of methoxy groups -OCH3 is 1. The van der Waals surface area contributed by atoms with E-state index < -0.39 is 17.8 Å². The number of rotatable bonds is 5. The number of hydrogen-bond acceptors (Lipinski definition) is 7. The number of furan rings is 1. The van der Waals surface area contributed by atoms with Crippen molar-refractivity contribution >= 4 is 49.7 Å². The standard InChI is InChI=1S/C20H24BrN3O5S.C2H6/c1-6-7-23(18(25)27-5)11-17-22-12(10-24(17)19(26)29-20(2,3)4)14-8-13-15(30-14)9-16(21)28-13;1-2/h8-10H,6-7,11H2,1-5H3;1-2H3. The van der Waals surface area contributed by atoms with E-state index in [-0.39, 0.29) is 6.54 Å². The van der Waals surface area contributed by atoms with Crippen LogP contribution in [-0.2, 0) is 16.0 Å². The number of imidazole rings is 1. The molecule has 0 fully saturated rings. The average Bonchev–Trinajstić information content (AvgIpc) is 3.40. The summed E-state index contributed by atoms with van der Waals surface area (Å²) >= 11 is 4.82. The maximum absolute atomic E-state index is 12.8. The Morgan fingerprint density at radius 3 is 2.53 bits per heavy atom. The van der Waals surface area contributed by atoms with Crippen molar-refractivity contribution in [3.05, 3.63) is 28.8 Å². The van der Waals surface area contributed by atoms with Gasteiger partial charge in [0.15, 0.2) is 4.67 Å². The molecule has 0 aromatic carbocycles. The summed E-state index contributed by atoms with van der Waals surface area (Å²) in [6, 6.07) is 3.76. The zero-order valence-electron chi connectivity index (χ0n) is 19.5. The number of hydrogen-bond donors (Lipinski definition) is 0. The lowest BCUT2D eigenvalue weighted by Gasteiger charge is -2.22. The number of amides is 1. The van der Waals surface area contributed by atoms with Crippen molar-refractivity contribution in [1.29, 1.82) is 0 Å². The van der Waals surface area contributed by atoms with E-state index in [1.54, 1.807) is 27.0 Å². The van der Waals surface area contributed by atoms with Gasteiger partial charge in [0.1, 0.15) is 17.0 Å². The second-order valence-corrected chi connectivity index (χ2v) is 9.54. The zero-order chi connectivity index (χ0) is 24.1. The highest BCUT2D eigenvalue weighted by Crippen LogP contribution is 2.36. The number of thiophene rings is 1. The molecule has 0 radical (unpaired) electrons. The minimum absolute atomic E-state index is 0.118. The molecule has 0 saturated carbocycles. The molecule has 0 atom stereocenters. The van der Waals surface area contributed by atoms with Crippen LogP contribution in [-0.4, -0.2) is 45.9 Å². The fourth-order valence-corrected chi connectivity index (χ4v) is 4.38. The summed E-state index contributed by atoms with van der Waals surface area (Å²) in [5, 5.41) is 0. The molecule has 0 N–H and O–H groups in total. The molecule has 0 aliphatic heterocycles. The van der Waals surface area contributed by atoms with Crippen molar-refractivity contribution in [1.82, 2.24) is 14.5 Å². The van der Waals surface area contributed by atoms with Crippen molar-refractivity contribution in [3.63, 3.8) is 0 Å². The van der Waals surface area contributed by atoms with E-state index in [4.69, 9.17) is 13.9 Å². The molecule has 176 valence electrons. The van der Waals surface area contributed by atoms with E-state index >= 15 is 0 Å². The number of aromatic nitrogens is 2. The first-order valence-electron chi connectivity index (χ1n) is 10.4. The first kappa shape index (κ1) is 25.9. The highest BCUT2D eigenvalue weighted by molar-refractivity contribution is 9.10. The average molecular weight is 528 g/mol. The number of carbonyl (C=O) groups is 2. The Kier molecular flexibility index (Phi) is 8.91. The molecule has 0 aliphatic rings. The van der Waals surface area contributed by atoms with Gasteiger partial charge in [-0.1, -0.05) is 20.8 Å². The van der Waals surface area contributed by atoms with Crippen LogP contribution in [0.5, 0.6) is 0 Å². The summed E-state index contributed by atoms with van der Waals surface area (Å²) < 4.78 is 19.0. The predicted molar refractivity (Wildman–Crippen MR) is 129 cm³/mol. The highest BCUT2D eigenvalue weighted by Gasteiger charge is 2.25. The van der Waals surface area contributed by atoms with Gasteiger partial charge in [-0.2, -0.15) is 0 Å². The first-order chi connectivity index (χ1) is 15.1. The number of fused-ring (bicyclic) bond motifs is 1. The van der Waals surface area contributed by atoms with Gasteiger partial charge in [-0.15, -0.1) is 11.3 Å². The SMILES string of the molecule is CC.CCCN(Cc1nc(-c2cc3oc(Br)cc3s2)cn1C(=O)OC(C)(C)C)C(=O)OC. The van der Waals surface area contributed by atoms with Crippen molar-refractivity contribution in [2.24, 2.45) is 0 Å². The molecule has 1 amide bonds. The van der Waals surface area contributed by atoms with E-state index in [1.165, 1.54) is 27.9 Å². The second-order valence-electron chi connectivity index (χ2n) is 7.67. The topological polar surface area (TPSA) is 86.8 Å². The Balaban J connectivity index is 0.00000176. The molecule has 0 unspecified atom stereocenters. The van der Waals surface area contributed by atoms with Crippen molar-refractivity contribution in [3.8, 4) is 10.6 Å². The molecule has 0 aliphatic carbocycles. The molecule has 8 nitrogen and oxygen atoms in total. The predicted octanol–water partition coefficient (Wildman–Crippen LogP) is 6.91. The van der Waals surface area contributed by atoms with Gasteiger partial charge in [0.2, 0.25) is 0 Å². The van der Waals surface area contributed by atoms with Crippen LogP contribution in [0.25, 0.3) is 20.9 Å². The Morgan fingerprint density at radius 2 is 1.97 bits per heavy atom. The Hall–Kier alpha value is -2.33. The Bertz CT molecular complexity index is 1030. The van der Waals surface area contributed by atoms with Crippen LogP contribution in [0.3, 0.4) is 0 Å². The van der Waals surface area contributed by atoms with E-state index in [0.29, 0.717) is 22.7 Å². The molecular weight excluding hydrogens is 498 g/mol. The molecule has 0 saturated heterocycles. The molecule has 3 heterocycles. The summed E-state index contributed by atoms with van der Waals surface area (Å²) in [5.74, 6) is 0.393. The molecule has 32 heavy (non-hydrogen) atoms. The van der Waals surface area contributed by atoms with Crippen LogP contribution < -0.4 is 0 Å². The van der Waals surface area contributed by atoms with E-state index in [0.717, 1.165) is 21.6 Å². The second kappa shape index (κ2) is 11.0. The lowest BCUT2D eigenvalue weighted by atomic mass is 10.2. The van der Waals surface area contributed by atoms with Gasteiger partial charge in [-0.25, -0.2) is 19.1 Å². The molecule has 10 heteroatoms. The normalized spacial score (nSPS) is 11.1. The van der Waals surface area contributed by atoms with Gasteiger partial charge in [-0.05, 0) is 43.1 Å². The third-order valence-electron chi connectivity index (χ3n) is 4.06. The summed E-state index contributed by atoms with van der Waals surface area (Å²) in [6.45, 7) is 11.9. The van der Waals surface area contributed by atoms with Gasteiger partial charge >= 0.3 is 12.2 Å². The summed E-state index contributed by atoms with van der Waals surface area (Å²) in [5.41, 5.74) is 0.668. The summed E-state index contributed by atoms with van der Waals surface area (Å²) in [7, 11) is 1.33. The van der Waals surface area contributed by atoms with E-state index in [9.17, 15) is 9.59 Å². The van der Waals surface area contributed by atoms with Crippen LogP contribution >= 0.6 is 27.3 Å². The number of carbonyl (C=O) groups excluding carboxylic acids is 2. The lowest BCUT2D eigenvalue weighted by molar-refractivity contribution is 0.0525. The molecule has 3 aromatic rings. The van der Waals surface area contributed by atoms with Gasteiger partial charge in [0.25, 0.3) is 0 Å². The van der Waals surface area contributed by atoms with E-state index in [1.807, 2.05) is 32.9 Å². The Labute approximate surface area is 200 Å². The number of nitrogens with zero attached hydrogens (tertiary/aromatic N) is 3. The summed E-state index contributed by atoms with van der Waals surface area (Å²) in [6.07, 6.45) is 1.34. The zero-order valence-corrected chi connectivity index (χ0v) is 21.9. The fraction of sp³-hybridized carbons (Fsp3) is 0.500. The smallest absolute Gasteiger partial charge is 0.420 e. The first-order valence-corrected chi connectivity index (χ1v) is 12.1. The molecule has 3 rings (SSSR count). The highest BCUT2D eigenvalue weighted by atomic mass is 79.9. The van der Waals surface area contributed by atoms with Gasteiger partial charge in [0, 0.05) is 24.9 Å². The van der Waals surface area contributed by atoms with E-state index in [2.05, 4.69) is 20.9 Å². The van der Waals surface area contributed by atoms with Crippen molar-refractivity contribution in [2.45, 2.75) is 60.1 Å². The van der Waals surface area contributed by atoms with Crippen molar-refractivity contribution in [2.75, 3.05) is 13.7 Å². The van der Waals surface area contributed by atoms with Crippen LogP contribution in [0.1, 0.15) is 53.8 Å². The number of halogens is 1. The molecule has 0 spiro atoms. The minimum Gasteiger partial charge on any atom is -0.453 e. The van der Waals surface area contributed by atoms with Gasteiger partial charge < -0.3 is 18.8 Å². The Morgan fingerprint density at radius 1 is 1.28 bits per heavy atom. The maximum Gasteiger partial charge on any atom is 0.420 e. The molecule has 3 aromatic heterocycles. The van der Waals surface area contributed by atoms with Gasteiger partial charge in [-0.3, -0.25) is 0 Å². The van der Waals surface area contributed by atoms with Crippen molar-refractivity contribution < 1.29 is 23.5 Å².